The van der Waals surface area contributed by atoms with Crippen LogP contribution in [0.25, 0.3) is 0 Å². The summed E-state index contributed by atoms with van der Waals surface area (Å²) < 4.78 is 0. The van der Waals surface area contributed by atoms with Crippen molar-refractivity contribution in [2.24, 2.45) is 0 Å². The zero-order chi connectivity index (χ0) is 17.5. The fourth-order valence-corrected chi connectivity index (χ4v) is 2.76. The lowest BCUT2D eigenvalue weighted by atomic mass is 10.1. The van der Waals surface area contributed by atoms with E-state index in [1.165, 1.54) is 5.56 Å². The molecule has 0 heterocycles. The van der Waals surface area contributed by atoms with Crippen LogP contribution in [0.15, 0.2) is 78.9 Å². The Bertz CT molecular complexity index is 835. The van der Waals surface area contributed by atoms with E-state index in [9.17, 15) is 4.79 Å². The number of halogens is 1. The number of benzene rings is 3. The predicted octanol–water partition coefficient (Wildman–Crippen LogP) is 5.13. The molecule has 0 aliphatic carbocycles. The predicted molar refractivity (Wildman–Crippen MR) is 104 cm³/mol. The summed E-state index contributed by atoms with van der Waals surface area (Å²) in [5.41, 5.74) is 3.69. The Kier molecular flexibility index (Phi) is 5.70. The average Bonchev–Trinajstić information content (AvgIpc) is 2.63. The molecule has 0 aliphatic rings. The van der Waals surface area contributed by atoms with Crippen molar-refractivity contribution < 1.29 is 4.79 Å². The van der Waals surface area contributed by atoms with Gasteiger partial charge in [-0.1, -0.05) is 72.3 Å². The summed E-state index contributed by atoms with van der Waals surface area (Å²) in [5.74, 6) is -0.0627. The van der Waals surface area contributed by atoms with Crippen LogP contribution in [-0.4, -0.2) is 5.91 Å². The molecule has 1 amide bonds. The molecule has 0 atom stereocenters. The summed E-state index contributed by atoms with van der Waals surface area (Å²) in [4.78, 5) is 12.1. The molecule has 0 aromatic heterocycles. The summed E-state index contributed by atoms with van der Waals surface area (Å²) in [7, 11) is 0. The normalized spacial score (nSPS) is 10.3. The number of nitrogens with one attached hydrogen (secondary N) is 2. The Morgan fingerprint density at radius 3 is 2.12 bits per heavy atom. The van der Waals surface area contributed by atoms with Crippen molar-refractivity contribution in [3.63, 3.8) is 0 Å². The third kappa shape index (κ3) is 5.10. The van der Waals surface area contributed by atoms with Gasteiger partial charge >= 0.3 is 0 Å². The second-order valence-electron chi connectivity index (χ2n) is 5.74. The molecule has 3 rings (SSSR count). The molecule has 126 valence electrons. The van der Waals surface area contributed by atoms with Gasteiger partial charge in [-0.15, -0.1) is 0 Å². The Hall–Kier alpha value is -2.78. The molecule has 0 saturated heterocycles. The first-order valence-electron chi connectivity index (χ1n) is 8.12. The van der Waals surface area contributed by atoms with E-state index in [1.54, 1.807) is 6.07 Å². The van der Waals surface area contributed by atoms with E-state index in [0.717, 1.165) is 11.3 Å². The number of hydrogen-bond donors (Lipinski definition) is 2. The molecule has 0 radical (unpaired) electrons. The van der Waals surface area contributed by atoms with Gasteiger partial charge in [0.15, 0.2) is 0 Å². The van der Waals surface area contributed by atoms with Gasteiger partial charge in [0.1, 0.15) is 0 Å². The van der Waals surface area contributed by atoms with Crippen LogP contribution in [0.5, 0.6) is 0 Å². The number of carbonyl (C=O) groups excluding carboxylic acids is 1. The highest BCUT2D eigenvalue weighted by Crippen LogP contribution is 2.26. The Morgan fingerprint density at radius 1 is 0.840 bits per heavy atom. The van der Waals surface area contributed by atoms with E-state index in [2.05, 4.69) is 22.8 Å². The maximum Gasteiger partial charge on any atom is 0.228 e. The van der Waals surface area contributed by atoms with Crippen molar-refractivity contribution in [2.75, 3.05) is 10.6 Å². The lowest BCUT2D eigenvalue weighted by Gasteiger charge is -2.11. The van der Waals surface area contributed by atoms with E-state index in [1.807, 2.05) is 60.7 Å². The van der Waals surface area contributed by atoms with Crippen LogP contribution in [0.2, 0.25) is 5.02 Å². The molecular weight excluding hydrogens is 332 g/mol. The molecule has 25 heavy (non-hydrogen) atoms. The van der Waals surface area contributed by atoms with Crippen molar-refractivity contribution in [3.8, 4) is 0 Å². The van der Waals surface area contributed by atoms with Crippen LogP contribution in [0.4, 0.5) is 11.4 Å². The highest BCUT2D eigenvalue weighted by atomic mass is 35.5. The van der Waals surface area contributed by atoms with Crippen LogP contribution in [0.1, 0.15) is 11.1 Å². The molecule has 0 fully saturated rings. The highest BCUT2D eigenvalue weighted by molar-refractivity contribution is 6.33. The van der Waals surface area contributed by atoms with Crippen LogP contribution in [0.3, 0.4) is 0 Å². The zero-order valence-electron chi connectivity index (χ0n) is 13.7. The fourth-order valence-electron chi connectivity index (χ4n) is 2.52. The average molecular weight is 351 g/mol. The van der Waals surface area contributed by atoms with Crippen molar-refractivity contribution in [1.29, 1.82) is 0 Å². The van der Waals surface area contributed by atoms with Crippen molar-refractivity contribution >= 4 is 28.9 Å². The monoisotopic (exact) mass is 350 g/mol. The summed E-state index contributed by atoms with van der Waals surface area (Å²) >= 11 is 6.33. The maximum atomic E-state index is 12.1. The van der Waals surface area contributed by atoms with E-state index >= 15 is 0 Å². The first-order chi connectivity index (χ1) is 12.2. The Labute approximate surface area is 152 Å². The smallest absolute Gasteiger partial charge is 0.228 e. The minimum atomic E-state index is -0.0627. The molecule has 3 aromatic carbocycles. The number of hydrogen-bond acceptors (Lipinski definition) is 2. The molecule has 0 bridgehead atoms. The minimum absolute atomic E-state index is 0.0627. The van der Waals surface area contributed by atoms with Gasteiger partial charge in [-0.3, -0.25) is 4.79 Å². The van der Waals surface area contributed by atoms with Crippen molar-refractivity contribution in [1.82, 2.24) is 0 Å². The van der Waals surface area contributed by atoms with Crippen LogP contribution < -0.4 is 10.6 Å². The van der Waals surface area contributed by atoms with Gasteiger partial charge in [0.25, 0.3) is 0 Å². The molecule has 3 aromatic rings. The maximum absolute atomic E-state index is 12.1. The molecule has 0 aliphatic heterocycles. The first-order valence-corrected chi connectivity index (χ1v) is 8.49. The summed E-state index contributed by atoms with van der Waals surface area (Å²) in [6, 6.07) is 25.2. The number of amides is 1. The quantitative estimate of drug-likeness (QED) is 0.646. The molecule has 3 nitrogen and oxygen atoms in total. The van der Waals surface area contributed by atoms with Gasteiger partial charge in [0.05, 0.1) is 17.1 Å². The molecule has 0 unspecified atom stereocenters. The van der Waals surface area contributed by atoms with Crippen molar-refractivity contribution in [3.05, 3.63) is 95.0 Å². The van der Waals surface area contributed by atoms with Gasteiger partial charge in [0.2, 0.25) is 5.91 Å². The largest absolute Gasteiger partial charge is 0.380 e. The first kappa shape index (κ1) is 17.1. The zero-order valence-corrected chi connectivity index (χ0v) is 14.5. The fraction of sp³-hybridized carbons (Fsp3) is 0.0952. The van der Waals surface area contributed by atoms with Gasteiger partial charge < -0.3 is 10.6 Å². The highest BCUT2D eigenvalue weighted by Gasteiger charge is 2.06. The molecule has 2 N–H and O–H groups in total. The Morgan fingerprint density at radius 2 is 1.48 bits per heavy atom. The van der Waals surface area contributed by atoms with E-state index in [-0.39, 0.29) is 5.91 Å². The van der Waals surface area contributed by atoms with E-state index in [4.69, 9.17) is 11.6 Å². The van der Waals surface area contributed by atoms with E-state index in [0.29, 0.717) is 23.7 Å². The van der Waals surface area contributed by atoms with Crippen molar-refractivity contribution in [2.45, 2.75) is 13.0 Å². The van der Waals surface area contributed by atoms with Gasteiger partial charge in [-0.25, -0.2) is 0 Å². The SMILES string of the molecule is O=C(Cc1ccccc1)Nc1ccc(NCc2ccccc2)c(Cl)c1. The topological polar surface area (TPSA) is 41.1 Å². The number of carbonyl (C=O) groups is 1. The van der Waals surface area contributed by atoms with Gasteiger partial charge in [0, 0.05) is 12.2 Å². The van der Waals surface area contributed by atoms with Crippen LogP contribution in [0, 0.1) is 0 Å². The summed E-state index contributed by atoms with van der Waals surface area (Å²) in [6.45, 7) is 0.695. The number of anilines is 2. The third-order valence-electron chi connectivity index (χ3n) is 3.79. The van der Waals surface area contributed by atoms with Gasteiger partial charge in [-0.05, 0) is 29.3 Å². The van der Waals surface area contributed by atoms with E-state index < -0.39 is 0 Å². The third-order valence-corrected chi connectivity index (χ3v) is 4.10. The minimum Gasteiger partial charge on any atom is -0.380 e. The summed E-state index contributed by atoms with van der Waals surface area (Å²) in [6.07, 6.45) is 0.340. The molecule has 0 saturated carbocycles. The Balaban J connectivity index is 1.58. The molecular formula is C21H19ClN2O. The molecule has 0 spiro atoms. The second-order valence-corrected chi connectivity index (χ2v) is 6.15. The number of rotatable bonds is 6. The van der Waals surface area contributed by atoms with Gasteiger partial charge in [-0.2, -0.15) is 0 Å². The molecule has 4 heteroatoms. The lowest BCUT2D eigenvalue weighted by Crippen LogP contribution is -2.14. The van der Waals surface area contributed by atoms with Crippen LogP contribution >= 0.6 is 11.6 Å². The second kappa shape index (κ2) is 8.36. The summed E-state index contributed by atoms with van der Waals surface area (Å²) in [5, 5.41) is 6.76. The van der Waals surface area contributed by atoms with Crippen LogP contribution in [-0.2, 0) is 17.8 Å². The lowest BCUT2D eigenvalue weighted by molar-refractivity contribution is -0.115. The standard InChI is InChI=1S/C21H19ClN2O/c22-19-14-18(24-21(25)13-16-7-3-1-4-8-16)11-12-20(19)23-15-17-9-5-2-6-10-17/h1-12,14,23H,13,15H2,(H,24,25).